The van der Waals surface area contributed by atoms with Gasteiger partial charge in [-0.3, -0.25) is 0 Å². The van der Waals surface area contributed by atoms with E-state index in [-0.39, 0.29) is 11.3 Å². The van der Waals surface area contributed by atoms with Gasteiger partial charge in [0.2, 0.25) is 0 Å². The molecule has 3 nitrogen and oxygen atoms in total. The lowest BCUT2D eigenvalue weighted by Gasteiger charge is -2.29. The molecule has 1 aliphatic carbocycles. The number of unbranched alkanes of at least 4 members (excludes halogenated alkanes) is 2. The minimum atomic E-state index is -0.718. The van der Waals surface area contributed by atoms with Crippen molar-refractivity contribution in [2.75, 3.05) is 0 Å². The number of halogens is 1. The van der Waals surface area contributed by atoms with Crippen molar-refractivity contribution >= 4 is 5.97 Å². The van der Waals surface area contributed by atoms with Gasteiger partial charge in [0.05, 0.1) is 17.2 Å². The van der Waals surface area contributed by atoms with Gasteiger partial charge in [0.25, 0.3) is 0 Å². The van der Waals surface area contributed by atoms with Crippen molar-refractivity contribution < 1.29 is 13.9 Å². The lowest BCUT2D eigenvalue weighted by molar-refractivity contribution is 0.0728. The first-order valence-electron chi connectivity index (χ1n) is 10.6. The standard InChI is InChI=1S/C25H28FNO2/c1-2-3-4-5-18-6-9-20(10-7-18)21-11-13-22(14-12-21)25(28)29-24-15-8-19(17-27)16-23(24)26/h8,11-16,18,20H,2-7,9-10H2,1H3. The van der Waals surface area contributed by atoms with Crippen LogP contribution in [0.15, 0.2) is 42.5 Å². The minimum absolute atomic E-state index is 0.167. The van der Waals surface area contributed by atoms with Crippen LogP contribution in [-0.4, -0.2) is 5.97 Å². The van der Waals surface area contributed by atoms with E-state index in [1.165, 1.54) is 69.1 Å². The first-order valence-corrected chi connectivity index (χ1v) is 10.6. The van der Waals surface area contributed by atoms with Crippen molar-refractivity contribution in [1.82, 2.24) is 0 Å². The Morgan fingerprint density at radius 3 is 2.45 bits per heavy atom. The molecule has 1 fully saturated rings. The van der Waals surface area contributed by atoms with Gasteiger partial charge < -0.3 is 4.74 Å². The molecule has 3 rings (SSSR count). The quantitative estimate of drug-likeness (QED) is 0.296. The maximum Gasteiger partial charge on any atom is 0.343 e. The second-order valence-corrected chi connectivity index (χ2v) is 7.98. The third kappa shape index (κ3) is 5.67. The summed E-state index contributed by atoms with van der Waals surface area (Å²) in [6.07, 6.45) is 10.3. The van der Waals surface area contributed by atoms with E-state index in [0.717, 1.165) is 12.0 Å². The molecule has 0 amide bonds. The van der Waals surface area contributed by atoms with E-state index >= 15 is 0 Å². The molecule has 1 saturated carbocycles. The van der Waals surface area contributed by atoms with Crippen LogP contribution >= 0.6 is 0 Å². The molecule has 0 aromatic heterocycles. The Morgan fingerprint density at radius 2 is 1.83 bits per heavy atom. The molecule has 0 atom stereocenters. The smallest absolute Gasteiger partial charge is 0.343 e. The molecule has 0 heterocycles. The predicted molar refractivity (Wildman–Crippen MR) is 111 cm³/mol. The van der Waals surface area contributed by atoms with E-state index < -0.39 is 11.8 Å². The topological polar surface area (TPSA) is 50.1 Å². The third-order valence-electron chi connectivity index (χ3n) is 5.94. The first kappa shape index (κ1) is 21.0. The van der Waals surface area contributed by atoms with E-state index in [9.17, 15) is 9.18 Å². The highest BCUT2D eigenvalue weighted by atomic mass is 19.1. The molecular weight excluding hydrogens is 365 g/mol. The first-order chi connectivity index (χ1) is 14.1. The van der Waals surface area contributed by atoms with Crippen LogP contribution in [0.3, 0.4) is 0 Å². The van der Waals surface area contributed by atoms with Gasteiger partial charge in [0, 0.05) is 0 Å². The number of hydrogen-bond acceptors (Lipinski definition) is 3. The predicted octanol–water partition coefficient (Wildman–Crippen LogP) is 6.77. The molecule has 0 aliphatic heterocycles. The van der Waals surface area contributed by atoms with Crippen molar-refractivity contribution in [3.63, 3.8) is 0 Å². The lowest BCUT2D eigenvalue weighted by atomic mass is 9.77. The third-order valence-corrected chi connectivity index (χ3v) is 5.94. The molecule has 0 spiro atoms. The van der Waals surface area contributed by atoms with Gasteiger partial charge in [0.1, 0.15) is 0 Å². The number of esters is 1. The number of carbonyl (C=O) groups excluding carboxylic acids is 1. The Kier molecular flexibility index (Phi) is 7.41. The number of benzene rings is 2. The van der Waals surface area contributed by atoms with E-state index in [2.05, 4.69) is 6.92 Å². The summed E-state index contributed by atoms with van der Waals surface area (Å²) in [6.45, 7) is 2.25. The molecule has 0 bridgehead atoms. The summed E-state index contributed by atoms with van der Waals surface area (Å²) in [5.74, 6) is -0.0585. The highest BCUT2D eigenvalue weighted by molar-refractivity contribution is 5.91. The monoisotopic (exact) mass is 393 g/mol. The zero-order valence-corrected chi connectivity index (χ0v) is 17.0. The van der Waals surface area contributed by atoms with Crippen LogP contribution in [0.2, 0.25) is 0 Å². The highest BCUT2D eigenvalue weighted by Crippen LogP contribution is 2.37. The maximum atomic E-state index is 13.9. The lowest BCUT2D eigenvalue weighted by Crippen LogP contribution is -2.14. The molecule has 0 saturated heterocycles. The van der Waals surface area contributed by atoms with Crippen LogP contribution in [0.25, 0.3) is 0 Å². The highest BCUT2D eigenvalue weighted by Gasteiger charge is 2.22. The molecule has 2 aromatic rings. The second kappa shape index (κ2) is 10.2. The Morgan fingerprint density at radius 1 is 1.10 bits per heavy atom. The summed E-state index contributed by atoms with van der Waals surface area (Å²) in [7, 11) is 0. The van der Waals surface area contributed by atoms with Crippen LogP contribution in [-0.2, 0) is 0 Å². The zero-order valence-electron chi connectivity index (χ0n) is 17.0. The van der Waals surface area contributed by atoms with Gasteiger partial charge in [-0.1, -0.05) is 44.7 Å². The van der Waals surface area contributed by atoms with Crippen LogP contribution in [0.5, 0.6) is 5.75 Å². The molecule has 4 heteroatoms. The molecule has 29 heavy (non-hydrogen) atoms. The van der Waals surface area contributed by atoms with Gasteiger partial charge >= 0.3 is 5.97 Å². The van der Waals surface area contributed by atoms with Gasteiger partial charge in [-0.15, -0.1) is 0 Å². The maximum absolute atomic E-state index is 13.9. The Balaban J connectivity index is 1.55. The summed E-state index contributed by atoms with van der Waals surface area (Å²) in [5.41, 5.74) is 1.84. The van der Waals surface area contributed by atoms with E-state index in [1.807, 2.05) is 18.2 Å². The van der Waals surface area contributed by atoms with Gasteiger partial charge in [-0.05, 0) is 73.4 Å². The van der Waals surface area contributed by atoms with Crippen LogP contribution in [0.4, 0.5) is 4.39 Å². The summed E-state index contributed by atoms with van der Waals surface area (Å²) < 4.78 is 19.1. The second-order valence-electron chi connectivity index (χ2n) is 7.98. The summed E-state index contributed by atoms with van der Waals surface area (Å²) in [6, 6.07) is 13.1. The van der Waals surface area contributed by atoms with Gasteiger partial charge in [-0.2, -0.15) is 5.26 Å². The minimum Gasteiger partial charge on any atom is -0.420 e. The summed E-state index contributed by atoms with van der Waals surface area (Å²) in [5, 5.41) is 8.78. The van der Waals surface area contributed by atoms with E-state index in [4.69, 9.17) is 10.00 Å². The number of hydrogen-bond donors (Lipinski definition) is 0. The SMILES string of the molecule is CCCCCC1CCC(c2ccc(C(=O)Oc3ccc(C#N)cc3F)cc2)CC1. The normalized spacial score (nSPS) is 18.8. The fraction of sp³-hybridized carbons (Fsp3) is 0.440. The van der Waals surface area contributed by atoms with E-state index in [1.54, 1.807) is 12.1 Å². The molecule has 2 aromatic carbocycles. The fourth-order valence-corrected chi connectivity index (χ4v) is 4.17. The van der Waals surface area contributed by atoms with Gasteiger partial charge in [0.15, 0.2) is 11.6 Å². The van der Waals surface area contributed by atoms with Crippen molar-refractivity contribution in [2.45, 2.75) is 64.2 Å². The van der Waals surface area contributed by atoms with Crippen LogP contribution in [0.1, 0.15) is 85.7 Å². The van der Waals surface area contributed by atoms with Crippen LogP contribution in [0, 0.1) is 23.1 Å². The number of rotatable bonds is 7. The van der Waals surface area contributed by atoms with Crippen molar-refractivity contribution in [3.05, 3.63) is 65.0 Å². The Hall–Kier alpha value is -2.67. The molecule has 152 valence electrons. The zero-order chi connectivity index (χ0) is 20.6. The van der Waals surface area contributed by atoms with Crippen molar-refractivity contribution in [1.29, 1.82) is 5.26 Å². The van der Waals surface area contributed by atoms with E-state index in [0.29, 0.717) is 11.5 Å². The summed E-state index contributed by atoms with van der Waals surface area (Å²) in [4.78, 5) is 12.3. The number of nitriles is 1. The number of nitrogens with zero attached hydrogens (tertiary/aromatic N) is 1. The molecule has 0 radical (unpaired) electrons. The van der Waals surface area contributed by atoms with Crippen LogP contribution < -0.4 is 4.74 Å². The number of carbonyl (C=O) groups is 1. The average molecular weight is 394 g/mol. The average Bonchev–Trinajstić information content (AvgIpc) is 2.76. The van der Waals surface area contributed by atoms with Gasteiger partial charge in [-0.25, -0.2) is 9.18 Å². The Bertz CT molecular complexity index is 861. The summed E-state index contributed by atoms with van der Waals surface area (Å²) >= 11 is 0. The molecule has 1 aliphatic rings. The Labute approximate surface area is 172 Å². The molecule has 0 N–H and O–H groups in total. The number of ether oxygens (including phenoxy) is 1. The van der Waals surface area contributed by atoms with Crippen molar-refractivity contribution in [3.8, 4) is 11.8 Å². The van der Waals surface area contributed by atoms with Crippen molar-refractivity contribution in [2.24, 2.45) is 5.92 Å². The molecular formula is C25H28FNO2. The molecule has 0 unspecified atom stereocenters. The largest absolute Gasteiger partial charge is 0.420 e. The fourth-order valence-electron chi connectivity index (χ4n) is 4.17.